The van der Waals surface area contributed by atoms with Crippen LogP contribution >= 0.6 is 0 Å². The Morgan fingerprint density at radius 3 is 1.18 bits per heavy atom. The summed E-state index contributed by atoms with van der Waals surface area (Å²) >= 11 is 0. The number of halogens is 1. The predicted octanol–water partition coefficient (Wildman–Crippen LogP) is 3.42. The van der Waals surface area contributed by atoms with Crippen LogP contribution in [-0.4, -0.2) is 5.67 Å². The quantitative estimate of drug-likeness (QED) is 0.548. The first-order chi connectivity index (χ1) is 4.69. The molecule has 0 bridgehead atoms. The number of hydrogen-bond donors (Lipinski definition) is 0. The molecule has 1 heteroatoms. The first-order valence-electron chi connectivity index (χ1n) is 4.38. The summed E-state index contributed by atoms with van der Waals surface area (Å²) in [6, 6.07) is 0. The van der Waals surface area contributed by atoms with Gasteiger partial charge in [0.15, 0.2) is 0 Å². The lowest BCUT2D eigenvalue weighted by Crippen LogP contribution is -2.19. The summed E-state index contributed by atoms with van der Waals surface area (Å²) in [6.45, 7) is 12.0. The summed E-state index contributed by atoms with van der Waals surface area (Å²) in [5.74, 6) is 0.132. The summed E-state index contributed by atoms with van der Waals surface area (Å²) in [5, 5.41) is 0. The molecule has 0 amide bonds. The van der Waals surface area contributed by atoms with Crippen molar-refractivity contribution >= 4 is 0 Å². The van der Waals surface area contributed by atoms with Crippen molar-refractivity contribution in [2.45, 2.75) is 47.2 Å². The van der Waals surface area contributed by atoms with Gasteiger partial charge in [-0.25, -0.2) is 4.39 Å². The van der Waals surface area contributed by atoms with Crippen LogP contribution in [0.2, 0.25) is 0 Å². The average molecular weight is 158 g/mol. The molecule has 1 aliphatic rings. The van der Waals surface area contributed by atoms with E-state index in [9.17, 15) is 4.39 Å². The molecule has 66 valence electrons. The topological polar surface area (TPSA) is 0 Å². The summed E-state index contributed by atoms with van der Waals surface area (Å²) in [4.78, 5) is 0. The molecular formula is C10H19F. The molecule has 0 aliphatic heterocycles. The van der Waals surface area contributed by atoms with Crippen molar-refractivity contribution < 1.29 is 4.39 Å². The second-order valence-electron chi connectivity index (χ2n) is 5.12. The highest BCUT2D eigenvalue weighted by atomic mass is 19.1. The van der Waals surface area contributed by atoms with E-state index in [-0.39, 0.29) is 16.7 Å². The highest BCUT2D eigenvalue weighted by molar-refractivity contribution is 5.27. The minimum atomic E-state index is -0.958. The van der Waals surface area contributed by atoms with Crippen LogP contribution in [-0.2, 0) is 0 Å². The standard InChI is InChI=1S/C10H19F/c1-7(2)10(11)8(3,4)9(10,5)6/h7H,1-6H3. The van der Waals surface area contributed by atoms with Gasteiger partial charge in [-0.3, -0.25) is 0 Å². The monoisotopic (exact) mass is 158 g/mol. The van der Waals surface area contributed by atoms with Crippen LogP contribution in [0.25, 0.3) is 0 Å². The third-order valence-electron chi connectivity index (χ3n) is 4.11. The Labute approximate surface area is 69.2 Å². The van der Waals surface area contributed by atoms with E-state index in [0.29, 0.717) is 0 Å². The van der Waals surface area contributed by atoms with Crippen LogP contribution in [0.5, 0.6) is 0 Å². The third-order valence-corrected chi connectivity index (χ3v) is 4.11. The summed E-state index contributed by atoms with van der Waals surface area (Å²) < 4.78 is 14.2. The normalized spacial score (nSPS) is 30.5. The first kappa shape index (κ1) is 9.02. The maximum absolute atomic E-state index is 14.2. The molecule has 1 rings (SSSR count). The maximum Gasteiger partial charge on any atom is 0.124 e. The van der Waals surface area contributed by atoms with Crippen LogP contribution in [0.4, 0.5) is 4.39 Å². The van der Waals surface area contributed by atoms with Gasteiger partial charge in [-0.2, -0.15) is 0 Å². The van der Waals surface area contributed by atoms with Gasteiger partial charge in [0.2, 0.25) is 0 Å². The lowest BCUT2D eigenvalue weighted by molar-refractivity contribution is 0.156. The molecule has 0 spiro atoms. The van der Waals surface area contributed by atoms with E-state index in [1.807, 2.05) is 41.5 Å². The van der Waals surface area contributed by atoms with Gasteiger partial charge < -0.3 is 0 Å². The molecule has 0 N–H and O–H groups in total. The van der Waals surface area contributed by atoms with Crippen molar-refractivity contribution in [3.05, 3.63) is 0 Å². The van der Waals surface area contributed by atoms with Crippen LogP contribution in [0.15, 0.2) is 0 Å². The van der Waals surface area contributed by atoms with Gasteiger partial charge in [0, 0.05) is 10.8 Å². The molecule has 1 fully saturated rings. The summed E-state index contributed by atoms with van der Waals surface area (Å²) in [5.41, 5.74) is -1.25. The zero-order valence-electron chi connectivity index (χ0n) is 8.46. The highest BCUT2D eigenvalue weighted by Crippen LogP contribution is 2.76. The molecule has 0 aromatic heterocycles. The van der Waals surface area contributed by atoms with Crippen molar-refractivity contribution in [1.29, 1.82) is 0 Å². The van der Waals surface area contributed by atoms with Gasteiger partial charge >= 0.3 is 0 Å². The minimum Gasteiger partial charge on any atom is -0.242 e. The van der Waals surface area contributed by atoms with E-state index in [0.717, 1.165) is 0 Å². The Hall–Kier alpha value is -0.0700. The lowest BCUT2D eigenvalue weighted by Gasteiger charge is -2.15. The van der Waals surface area contributed by atoms with Crippen molar-refractivity contribution in [3.63, 3.8) is 0 Å². The molecule has 0 nitrogen and oxygen atoms in total. The largest absolute Gasteiger partial charge is 0.242 e. The van der Waals surface area contributed by atoms with Gasteiger partial charge in [-0.05, 0) is 5.92 Å². The Kier molecular flexibility index (Phi) is 1.48. The number of rotatable bonds is 1. The minimum absolute atomic E-state index is 0.132. The Balaban J connectivity index is 2.96. The van der Waals surface area contributed by atoms with E-state index >= 15 is 0 Å². The van der Waals surface area contributed by atoms with Crippen molar-refractivity contribution in [1.82, 2.24) is 0 Å². The van der Waals surface area contributed by atoms with E-state index in [1.54, 1.807) is 0 Å². The smallest absolute Gasteiger partial charge is 0.124 e. The fourth-order valence-electron chi connectivity index (χ4n) is 2.73. The van der Waals surface area contributed by atoms with Crippen LogP contribution in [0.1, 0.15) is 41.5 Å². The van der Waals surface area contributed by atoms with Gasteiger partial charge in [0.25, 0.3) is 0 Å². The summed E-state index contributed by atoms with van der Waals surface area (Å²) in [6.07, 6.45) is 0. The van der Waals surface area contributed by atoms with Crippen molar-refractivity contribution in [3.8, 4) is 0 Å². The fraction of sp³-hybridized carbons (Fsp3) is 1.00. The SMILES string of the molecule is CC(C)C1(F)C(C)(C)C1(C)C. The Bertz CT molecular complexity index is 163. The molecule has 0 heterocycles. The molecule has 1 aliphatic carbocycles. The highest BCUT2D eigenvalue weighted by Gasteiger charge is 2.79. The van der Waals surface area contributed by atoms with E-state index < -0.39 is 5.67 Å². The summed E-state index contributed by atoms with van der Waals surface area (Å²) in [7, 11) is 0. The predicted molar refractivity (Wildman–Crippen MR) is 46.2 cm³/mol. The molecule has 0 unspecified atom stereocenters. The van der Waals surface area contributed by atoms with Gasteiger partial charge in [0.1, 0.15) is 5.67 Å². The number of alkyl halides is 1. The van der Waals surface area contributed by atoms with Crippen LogP contribution < -0.4 is 0 Å². The van der Waals surface area contributed by atoms with Crippen molar-refractivity contribution in [2.75, 3.05) is 0 Å². The zero-order chi connectivity index (χ0) is 9.08. The fourth-order valence-corrected chi connectivity index (χ4v) is 2.73. The molecule has 0 radical (unpaired) electrons. The average Bonchev–Trinajstić information content (AvgIpc) is 2.11. The maximum atomic E-state index is 14.2. The van der Waals surface area contributed by atoms with E-state index in [1.165, 1.54) is 0 Å². The second kappa shape index (κ2) is 1.81. The number of hydrogen-bond acceptors (Lipinski definition) is 0. The molecule has 11 heavy (non-hydrogen) atoms. The van der Waals surface area contributed by atoms with Gasteiger partial charge in [-0.15, -0.1) is 0 Å². The zero-order valence-corrected chi connectivity index (χ0v) is 8.46. The third kappa shape index (κ3) is 0.653. The van der Waals surface area contributed by atoms with Crippen LogP contribution in [0, 0.1) is 16.7 Å². The molecule has 0 aromatic carbocycles. The second-order valence-corrected chi connectivity index (χ2v) is 5.12. The molecule has 0 saturated heterocycles. The first-order valence-corrected chi connectivity index (χ1v) is 4.38. The van der Waals surface area contributed by atoms with Crippen molar-refractivity contribution in [2.24, 2.45) is 16.7 Å². The molecule has 0 atom stereocenters. The lowest BCUT2D eigenvalue weighted by atomic mass is 9.98. The van der Waals surface area contributed by atoms with E-state index in [4.69, 9.17) is 0 Å². The van der Waals surface area contributed by atoms with Gasteiger partial charge in [-0.1, -0.05) is 41.5 Å². The molecule has 0 aromatic rings. The van der Waals surface area contributed by atoms with E-state index in [2.05, 4.69) is 0 Å². The molecular weight excluding hydrogens is 139 g/mol. The Morgan fingerprint density at radius 1 is 0.909 bits per heavy atom. The van der Waals surface area contributed by atoms with Gasteiger partial charge in [0.05, 0.1) is 0 Å². The Morgan fingerprint density at radius 2 is 1.18 bits per heavy atom. The van der Waals surface area contributed by atoms with Crippen LogP contribution in [0.3, 0.4) is 0 Å². The molecule has 1 saturated carbocycles.